The fourth-order valence-corrected chi connectivity index (χ4v) is 4.75. The van der Waals surface area contributed by atoms with Gasteiger partial charge in [0.2, 0.25) is 0 Å². The van der Waals surface area contributed by atoms with Gasteiger partial charge >= 0.3 is 0 Å². The van der Waals surface area contributed by atoms with E-state index >= 15 is 0 Å². The van der Waals surface area contributed by atoms with Gasteiger partial charge in [0.05, 0.1) is 27.8 Å². The molecule has 0 fully saturated rings. The summed E-state index contributed by atoms with van der Waals surface area (Å²) in [6, 6.07) is 11.6. The molecule has 4 aromatic rings. The van der Waals surface area contributed by atoms with Crippen molar-refractivity contribution in [2.75, 3.05) is 31.1 Å². The van der Waals surface area contributed by atoms with E-state index in [4.69, 9.17) is 0 Å². The van der Waals surface area contributed by atoms with Crippen molar-refractivity contribution in [1.82, 2.24) is 19.7 Å². The molecule has 6 nitrogen and oxygen atoms in total. The molecule has 0 aliphatic carbocycles. The Morgan fingerprint density at radius 2 is 1.82 bits per heavy atom. The number of thiazole rings is 1. The van der Waals surface area contributed by atoms with Gasteiger partial charge in [0.1, 0.15) is 11.3 Å². The fourth-order valence-electron chi connectivity index (χ4n) is 3.72. The summed E-state index contributed by atoms with van der Waals surface area (Å²) in [5.41, 5.74) is 2.04. The number of fused-ring (bicyclic) bond motifs is 1. The maximum atomic E-state index is 14.3. The molecule has 2 heterocycles. The van der Waals surface area contributed by atoms with Crippen molar-refractivity contribution in [2.45, 2.75) is 20.8 Å². The Labute approximate surface area is 195 Å². The van der Waals surface area contributed by atoms with Gasteiger partial charge in [0, 0.05) is 19.2 Å². The molecule has 0 aliphatic heterocycles. The molecule has 0 N–H and O–H groups in total. The molecule has 172 valence electrons. The van der Waals surface area contributed by atoms with E-state index in [2.05, 4.69) is 28.8 Å². The molecular weight excluding hydrogens is 444 g/mol. The maximum Gasteiger partial charge on any atom is 0.263 e. The van der Waals surface area contributed by atoms with Gasteiger partial charge in [0.15, 0.2) is 10.9 Å². The quantitative estimate of drug-likeness (QED) is 0.362. The topological polar surface area (TPSA) is 54.3 Å². The second-order valence-corrected chi connectivity index (χ2v) is 8.61. The Kier molecular flexibility index (Phi) is 6.80. The minimum absolute atomic E-state index is 0.0636. The van der Waals surface area contributed by atoms with Crippen molar-refractivity contribution < 1.29 is 13.6 Å². The number of likely N-dealkylation sites (N-methyl/N-ethyl adjacent to an activating group) is 1. The van der Waals surface area contributed by atoms with Crippen LogP contribution in [0.5, 0.6) is 0 Å². The first-order chi connectivity index (χ1) is 15.9. The summed E-state index contributed by atoms with van der Waals surface area (Å²) in [7, 11) is 0. The number of nitrogens with zero attached hydrogens (tertiary/aromatic N) is 5. The summed E-state index contributed by atoms with van der Waals surface area (Å²) < 4.78 is 30.1. The summed E-state index contributed by atoms with van der Waals surface area (Å²) in [6.07, 6.45) is 1.54. The Balaban J connectivity index is 1.73. The van der Waals surface area contributed by atoms with Gasteiger partial charge in [-0.05, 0) is 38.2 Å². The van der Waals surface area contributed by atoms with Crippen molar-refractivity contribution >= 4 is 32.6 Å². The lowest BCUT2D eigenvalue weighted by Crippen LogP contribution is -2.39. The van der Waals surface area contributed by atoms with Crippen molar-refractivity contribution in [1.29, 1.82) is 0 Å². The molecule has 2 aromatic carbocycles. The van der Waals surface area contributed by atoms with Gasteiger partial charge in [-0.3, -0.25) is 9.69 Å². The average molecular weight is 470 g/mol. The first-order valence-corrected chi connectivity index (χ1v) is 11.6. The van der Waals surface area contributed by atoms with E-state index in [1.54, 1.807) is 15.8 Å². The zero-order chi connectivity index (χ0) is 23.5. The van der Waals surface area contributed by atoms with Crippen molar-refractivity contribution in [3.8, 4) is 5.69 Å². The summed E-state index contributed by atoms with van der Waals surface area (Å²) >= 11 is 1.10. The van der Waals surface area contributed by atoms with Crippen LogP contribution in [0.3, 0.4) is 0 Å². The molecule has 2 aromatic heterocycles. The first kappa shape index (κ1) is 23.0. The highest BCUT2D eigenvalue weighted by molar-refractivity contribution is 7.22. The number of benzene rings is 2. The van der Waals surface area contributed by atoms with Gasteiger partial charge in [-0.1, -0.05) is 43.4 Å². The predicted molar refractivity (Wildman–Crippen MR) is 127 cm³/mol. The molecule has 0 atom stereocenters. The number of carbonyl (C=O) groups is 1. The normalized spacial score (nSPS) is 11.5. The van der Waals surface area contributed by atoms with Crippen LogP contribution in [0.4, 0.5) is 13.9 Å². The average Bonchev–Trinajstić information content (AvgIpc) is 3.41. The zero-order valence-electron chi connectivity index (χ0n) is 18.8. The molecule has 0 spiro atoms. The van der Waals surface area contributed by atoms with Crippen molar-refractivity contribution in [3.63, 3.8) is 0 Å². The summed E-state index contributed by atoms with van der Waals surface area (Å²) in [6.45, 7) is 8.60. The minimum Gasteiger partial charge on any atom is -0.302 e. The zero-order valence-corrected chi connectivity index (χ0v) is 19.6. The van der Waals surface area contributed by atoms with E-state index in [1.165, 1.54) is 6.07 Å². The number of anilines is 1. The molecule has 33 heavy (non-hydrogen) atoms. The summed E-state index contributed by atoms with van der Waals surface area (Å²) in [5.74, 6) is -1.69. The predicted octanol–water partition coefficient (Wildman–Crippen LogP) is 5.06. The number of halogens is 2. The molecule has 0 saturated heterocycles. The number of aromatic nitrogens is 3. The smallest absolute Gasteiger partial charge is 0.263 e. The molecule has 0 bridgehead atoms. The van der Waals surface area contributed by atoms with E-state index in [1.807, 2.05) is 37.3 Å². The second kappa shape index (κ2) is 9.76. The molecule has 0 unspecified atom stereocenters. The third kappa shape index (κ3) is 4.65. The number of hydrogen-bond donors (Lipinski definition) is 0. The van der Waals surface area contributed by atoms with E-state index < -0.39 is 11.6 Å². The standard InChI is InChI=1S/C24H25F2N5OS/c1-4-29(5-2)11-12-30(24-28-22-20(26)13-17(25)14-21(22)33-24)23(32)19-15-27-31(16(19)3)18-9-7-6-8-10-18/h6-10,13-15H,4-5,11-12H2,1-3H3. The van der Waals surface area contributed by atoms with Gasteiger partial charge < -0.3 is 4.90 Å². The molecular formula is C24H25F2N5OS. The largest absolute Gasteiger partial charge is 0.302 e. The van der Waals surface area contributed by atoms with Crippen LogP contribution in [0.2, 0.25) is 0 Å². The Morgan fingerprint density at radius 1 is 1.09 bits per heavy atom. The third-order valence-electron chi connectivity index (χ3n) is 5.65. The van der Waals surface area contributed by atoms with Crippen LogP contribution in [-0.4, -0.2) is 51.8 Å². The van der Waals surface area contributed by atoms with E-state index in [9.17, 15) is 13.6 Å². The molecule has 0 saturated carbocycles. The Morgan fingerprint density at radius 3 is 2.52 bits per heavy atom. The third-order valence-corrected chi connectivity index (χ3v) is 6.68. The van der Waals surface area contributed by atoms with E-state index in [-0.39, 0.29) is 11.4 Å². The molecule has 9 heteroatoms. The number of rotatable bonds is 8. The molecule has 1 amide bonds. The van der Waals surface area contributed by atoms with Crippen LogP contribution in [-0.2, 0) is 0 Å². The van der Waals surface area contributed by atoms with Gasteiger partial charge in [-0.15, -0.1) is 0 Å². The van der Waals surface area contributed by atoms with Crippen LogP contribution >= 0.6 is 11.3 Å². The Hall–Kier alpha value is -3.17. The molecule has 0 radical (unpaired) electrons. The molecule has 0 aliphatic rings. The lowest BCUT2D eigenvalue weighted by Gasteiger charge is -2.24. The fraction of sp³-hybridized carbons (Fsp3) is 0.292. The number of hydrogen-bond acceptors (Lipinski definition) is 5. The van der Waals surface area contributed by atoms with E-state index in [0.717, 1.165) is 36.2 Å². The van der Waals surface area contributed by atoms with Crippen LogP contribution in [0.15, 0.2) is 48.7 Å². The molecule has 4 rings (SSSR count). The summed E-state index contributed by atoms with van der Waals surface area (Å²) in [5, 5.41) is 4.74. The number of amides is 1. The highest BCUT2D eigenvalue weighted by Crippen LogP contribution is 2.32. The number of carbonyl (C=O) groups excluding carboxylic acids is 1. The van der Waals surface area contributed by atoms with Crippen LogP contribution < -0.4 is 4.90 Å². The first-order valence-electron chi connectivity index (χ1n) is 10.8. The SMILES string of the molecule is CCN(CC)CCN(C(=O)c1cnn(-c2ccccc2)c1C)c1nc2c(F)cc(F)cc2s1. The second-order valence-electron chi connectivity index (χ2n) is 7.61. The Bertz CT molecular complexity index is 1270. The lowest BCUT2D eigenvalue weighted by atomic mass is 10.2. The summed E-state index contributed by atoms with van der Waals surface area (Å²) in [4.78, 5) is 21.8. The highest BCUT2D eigenvalue weighted by Gasteiger charge is 2.26. The monoisotopic (exact) mass is 469 g/mol. The number of para-hydroxylation sites is 1. The van der Waals surface area contributed by atoms with Crippen LogP contribution in [0.25, 0.3) is 15.9 Å². The van der Waals surface area contributed by atoms with Crippen molar-refractivity contribution in [3.05, 3.63) is 71.6 Å². The maximum absolute atomic E-state index is 14.3. The van der Waals surface area contributed by atoms with Crippen LogP contribution in [0, 0.1) is 18.6 Å². The highest BCUT2D eigenvalue weighted by atomic mass is 32.1. The van der Waals surface area contributed by atoms with Crippen LogP contribution in [0.1, 0.15) is 29.9 Å². The van der Waals surface area contributed by atoms with Gasteiger partial charge in [-0.2, -0.15) is 5.10 Å². The lowest BCUT2D eigenvalue weighted by molar-refractivity contribution is 0.0983. The minimum atomic E-state index is -0.739. The van der Waals surface area contributed by atoms with Crippen molar-refractivity contribution in [2.24, 2.45) is 0 Å². The van der Waals surface area contributed by atoms with Gasteiger partial charge in [-0.25, -0.2) is 18.4 Å². The van der Waals surface area contributed by atoms with Gasteiger partial charge in [0.25, 0.3) is 5.91 Å². The van der Waals surface area contributed by atoms with E-state index in [0.29, 0.717) is 34.2 Å².